The third kappa shape index (κ3) is 15.7. The number of anilines is 2. The van der Waals surface area contributed by atoms with E-state index in [0.717, 1.165) is 75.6 Å². The quantitative estimate of drug-likeness (QED) is 0.00680. The van der Waals surface area contributed by atoms with Crippen LogP contribution in [0.15, 0.2) is 54.5 Å². The van der Waals surface area contributed by atoms with Gasteiger partial charge in [-0.15, -0.1) is 5.10 Å². The molecule has 0 radical (unpaired) electrons. The van der Waals surface area contributed by atoms with Crippen LogP contribution in [0.5, 0.6) is 0 Å². The normalized spacial score (nSPS) is 11.4. The third-order valence-electron chi connectivity index (χ3n) is 13.2. The second-order valence-electron chi connectivity index (χ2n) is 18.5. The van der Waals surface area contributed by atoms with E-state index < -0.39 is 58.5 Å². The molecule has 0 spiro atoms. The highest BCUT2D eigenvalue weighted by Gasteiger charge is 2.30. The van der Waals surface area contributed by atoms with Gasteiger partial charge in [0.2, 0.25) is 0 Å². The van der Waals surface area contributed by atoms with Crippen molar-refractivity contribution >= 4 is 46.6 Å². The summed E-state index contributed by atoms with van der Waals surface area (Å²) >= 11 is 0. The average Bonchev–Trinajstić information content (AvgIpc) is 3.99. The molecule has 7 N–H and O–H groups in total. The molecule has 0 fully saturated rings. The summed E-state index contributed by atoms with van der Waals surface area (Å²) < 4.78 is 58.8. The molecular weight excluding hydrogens is 977 g/mol. The van der Waals surface area contributed by atoms with Crippen molar-refractivity contribution in [2.24, 2.45) is 19.9 Å². The lowest BCUT2D eigenvalue weighted by Gasteiger charge is -2.17. The summed E-state index contributed by atoms with van der Waals surface area (Å²) in [5.41, 5.74) is 2.79. The predicted octanol–water partition coefficient (Wildman–Crippen LogP) is 7.67. The van der Waals surface area contributed by atoms with E-state index in [9.17, 15) is 46.3 Å². The van der Waals surface area contributed by atoms with Crippen molar-refractivity contribution in [1.82, 2.24) is 45.1 Å². The molecule has 22 heteroatoms. The zero-order chi connectivity index (χ0) is 54.9. The number of rotatable bonds is 29. The van der Waals surface area contributed by atoms with E-state index in [4.69, 9.17) is 5.84 Å². The lowest BCUT2D eigenvalue weighted by molar-refractivity contribution is -0.117. The Morgan fingerprint density at radius 3 is 1.52 bits per heavy atom. The van der Waals surface area contributed by atoms with Crippen LogP contribution in [0.4, 0.5) is 28.9 Å². The zero-order valence-electron chi connectivity index (χ0n) is 43.7. The van der Waals surface area contributed by atoms with E-state index in [0.29, 0.717) is 35.9 Å². The first-order chi connectivity index (χ1) is 35.7. The number of unbranched alkanes of at least 4 members (excludes halogenated alkanes) is 11. The van der Waals surface area contributed by atoms with Crippen molar-refractivity contribution < 1.29 is 46.3 Å². The van der Waals surface area contributed by atoms with Crippen molar-refractivity contribution in [3.05, 3.63) is 128 Å². The number of hydrazine groups is 1. The number of hydrogen-bond donors (Lipinski definition) is 6. The number of nitrogens with one attached hydrogen (secondary N) is 5. The van der Waals surface area contributed by atoms with Gasteiger partial charge in [0.1, 0.15) is 17.1 Å². The molecule has 0 saturated heterocycles. The van der Waals surface area contributed by atoms with Crippen LogP contribution in [0.3, 0.4) is 0 Å². The minimum Gasteiger partial charge on any atom is -0.389 e. The van der Waals surface area contributed by atoms with Gasteiger partial charge >= 0.3 is 0 Å². The molecule has 0 unspecified atom stereocenters. The molecule has 3 heterocycles. The molecule has 0 aliphatic rings. The minimum atomic E-state index is -1.12. The zero-order valence-corrected chi connectivity index (χ0v) is 43.7. The number of halogens is 4. The summed E-state index contributed by atoms with van der Waals surface area (Å²) in [4.78, 5) is 78.6. The molecule has 4 amide bonds. The fraction of sp³-hybridized carbons (Fsp3) is 0.434. The predicted molar refractivity (Wildman–Crippen MR) is 275 cm³/mol. The van der Waals surface area contributed by atoms with Crippen LogP contribution in [-0.2, 0) is 36.8 Å². The number of nitrogens with zero attached hydrogens (tertiary/aromatic N) is 6. The van der Waals surface area contributed by atoms with Gasteiger partial charge in [-0.2, -0.15) is 0 Å². The van der Waals surface area contributed by atoms with Crippen LogP contribution >= 0.6 is 0 Å². The molecule has 75 heavy (non-hydrogen) atoms. The number of carbonyl (C=O) groups excluding carboxylic acids is 6. The van der Waals surface area contributed by atoms with Gasteiger partial charge in [0.15, 0.2) is 23.3 Å². The van der Waals surface area contributed by atoms with Gasteiger partial charge in [0.25, 0.3) is 35.2 Å². The van der Waals surface area contributed by atoms with E-state index in [2.05, 4.69) is 36.9 Å². The van der Waals surface area contributed by atoms with E-state index in [1.165, 1.54) is 47.0 Å². The highest BCUT2D eigenvalue weighted by atomic mass is 19.2. The maximum Gasteiger partial charge on any atom is 0.292 e. The van der Waals surface area contributed by atoms with E-state index >= 15 is 0 Å². The molecule has 0 bridgehead atoms. The van der Waals surface area contributed by atoms with Gasteiger partial charge in [-0.3, -0.25) is 33.4 Å². The molecule has 0 saturated carbocycles. The smallest absolute Gasteiger partial charge is 0.292 e. The van der Waals surface area contributed by atoms with Crippen LogP contribution in [-0.4, -0.2) is 84.5 Å². The number of likely N-dealkylation sites (N-methyl/N-ethyl adjacent to an activating group) is 1. The molecule has 5 aromatic rings. The molecular formula is C53H68F4N12O6. The van der Waals surface area contributed by atoms with E-state index in [-0.39, 0.29) is 58.1 Å². The Bertz CT molecular complexity index is 2910. The maximum absolute atomic E-state index is 13.7. The molecule has 0 atom stereocenters. The number of aromatic nitrogens is 5. The molecule has 0 aliphatic carbocycles. The van der Waals surface area contributed by atoms with Crippen molar-refractivity contribution in [2.75, 3.05) is 30.8 Å². The Labute approximate surface area is 433 Å². The van der Waals surface area contributed by atoms with Crippen molar-refractivity contribution in [2.45, 2.75) is 118 Å². The molecule has 5 rings (SSSR count). The summed E-state index contributed by atoms with van der Waals surface area (Å²) in [6.45, 7) is 7.56. The molecule has 3 aromatic heterocycles. The van der Waals surface area contributed by atoms with Crippen molar-refractivity contribution in [3.63, 3.8) is 0 Å². The van der Waals surface area contributed by atoms with Crippen LogP contribution in [0, 0.1) is 51.0 Å². The number of carbonyl (C=O) groups is 6. The molecule has 2 aromatic carbocycles. The Morgan fingerprint density at radius 2 is 1.07 bits per heavy atom. The largest absolute Gasteiger partial charge is 0.389 e. The van der Waals surface area contributed by atoms with Crippen molar-refractivity contribution in [1.29, 1.82) is 0 Å². The fourth-order valence-corrected chi connectivity index (χ4v) is 8.86. The number of nitrogens with two attached hydrogens (primary N) is 1. The number of benzene rings is 2. The fourth-order valence-electron chi connectivity index (χ4n) is 8.86. The van der Waals surface area contributed by atoms with Gasteiger partial charge in [-0.1, -0.05) is 69.4 Å². The lowest BCUT2D eigenvalue weighted by atomic mass is 10.0. The highest BCUT2D eigenvalue weighted by molar-refractivity contribution is 6.44. The first kappa shape index (κ1) is 58.3. The number of amides is 4. The minimum absolute atomic E-state index is 0.00548. The third-order valence-corrected chi connectivity index (χ3v) is 13.2. The molecule has 0 aliphatic heterocycles. The first-order valence-electron chi connectivity index (χ1n) is 25.0. The van der Waals surface area contributed by atoms with Gasteiger partial charge in [0, 0.05) is 81.0 Å². The van der Waals surface area contributed by atoms with E-state index in [1.54, 1.807) is 70.9 Å². The number of hydrogen-bond acceptors (Lipinski definition) is 11. The Balaban J connectivity index is 0.890. The van der Waals surface area contributed by atoms with Crippen molar-refractivity contribution in [3.8, 4) is 0 Å². The topological polar surface area (TPSA) is 232 Å². The van der Waals surface area contributed by atoms with E-state index in [1.807, 2.05) is 0 Å². The molecule has 18 nitrogen and oxygen atoms in total. The Hall–Kier alpha value is -7.62. The summed E-state index contributed by atoms with van der Waals surface area (Å²) in [7, 11) is 4.82. The summed E-state index contributed by atoms with van der Waals surface area (Å²) in [5.74, 6) is -2.82. The highest BCUT2D eigenvalue weighted by Crippen LogP contribution is 2.26. The monoisotopic (exact) mass is 1040 g/mol. The average molecular weight is 1050 g/mol. The van der Waals surface area contributed by atoms with Gasteiger partial charge in [-0.05, 0) is 75.9 Å². The second kappa shape index (κ2) is 27.6. The van der Waals surface area contributed by atoms with Gasteiger partial charge < -0.3 is 40.7 Å². The van der Waals surface area contributed by atoms with Crippen LogP contribution in [0.2, 0.25) is 0 Å². The Morgan fingerprint density at radius 1 is 0.627 bits per heavy atom. The maximum atomic E-state index is 13.7. The van der Waals surface area contributed by atoms with Gasteiger partial charge in [-0.25, -0.2) is 23.4 Å². The van der Waals surface area contributed by atoms with Gasteiger partial charge in [0.05, 0.1) is 30.4 Å². The number of Topliss-reactive ketones (excluding diaryl/α,β-unsaturated/α-hetero) is 2. The number of aryl methyl sites for hydroxylation is 1. The first-order valence-corrected chi connectivity index (χ1v) is 25.0. The lowest BCUT2D eigenvalue weighted by Crippen LogP contribution is -2.36. The standard InChI is InChI=1S/C53H68F4N12O6/c1-32-44(34(3)66(6)46(32)50(72)62-36-20-22-40(54)42(56)26-36)48(70)52(74)60-28-38(59-5)30-68(58)24-18-16-14-12-10-8-9-11-13-15-17-19-25-69-31-39(64-65-69)29-61-53(75)49(71)45-33(2)47(67(7)35(45)4)51(73)63-37-21-23-41(55)43(57)27-37/h20-23,26-27,30-31,59H,8-19,24-25,28-29,58H2,1-7H3,(H,60,74)(H,61,75)(H,62,72)(H,63,73)/b38-30-. The SMILES string of the molecule is CN/C(=C\N(N)CCCCCCCCCCCCCCn1cc(CNC(=O)C(=O)c2c(C)c(C(=O)Nc3ccc(F)c(F)c3)n(C)c2C)nn1)CNC(=O)C(=O)c1c(C)c(C(=O)Nc2ccc(F)c(F)c2)n(C)c1C. The van der Waals surface area contributed by atoms with Crippen LogP contribution < -0.4 is 32.4 Å². The van der Waals surface area contributed by atoms with Crippen LogP contribution in [0.1, 0.15) is 147 Å². The number of ketones is 2. The van der Waals surface area contributed by atoms with Crippen LogP contribution in [0.25, 0.3) is 0 Å². The Kier molecular flexibility index (Phi) is 21.4. The molecule has 404 valence electrons. The summed E-state index contributed by atoms with van der Waals surface area (Å²) in [6.07, 6.45) is 16.5. The summed E-state index contributed by atoms with van der Waals surface area (Å²) in [5, 5.41) is 23.0. The summed E-state index contributed by atoms with van der Waals surface area (Å²) in [6, 6.07) is 5.92. The second-order valence-corrected chi connectivity index (χ2v) is 18.5.